The lowest BCUT2D eigenvalue weighted by Crippen LogP contribution is -2.55. The van der Waals surface area contributed by atoms with Crippen LogP contribution in [0.2, 0.25) is 0 Å². The van der Waals surface area contributed by atoms with Crippen LogP contribution in [-0.2, 0) is 15.0 Å². The topological polar surface area (TPSA) is 120 Å². The Labute approximate surface area is 210 Å². The standard InChI is InChI=1S/C25H26F3N5O4/c1-37-15-4-2-14(3-5-15)24(8-10-25(27,28)11-9-24)23(36)33-13-16(26)21(34)20(33)22(35)31-19-7-6-17-18(30-19)12-29-32-17/h2-7,12,16,20-21,34H,8-11,13H2,1H3,(H,29,32)(H,30,31,35)/t16-,20+,21+/m0/s1. The van der Waals surface area contributed by atoms with E-state index < -0.39 is 60.9 Å². The first-order valence-electron chi connectivity index (χ1n) is 11.9. The highest BCUT2D eigenvalue weighted by molar-refractivity contribution is 6.00. The number of aliphatic hydroxyl groups is 1. The van der Waals surface area contributed by atoms with Crippen LogP contribution in [0.5, 0.6) is 5.75 Å². The number of rotatable bonds is 5. The summed E-state index contributed by atoms with van der Waals surface area (Å²) < 4.78 is 48.3. The number of methoxy groups -OCH3 is 1. The Bertz CT molecular complexity index is 1310. The van der Waals surface area contributed by atoms with Crippen LogP contribution in [0.4, 0.5) is 19.0 Å². The first-order chi connectivity index (χ1) is 17.6. The van der Waals surface area contributed by atoms with Crippen molar-refractivity contribution in [2.45, 2.75) is 55.3 Å². The maximum atomic E-state index is 14.8. The zero-order valence-electron chi connectivity index (χ0n) is 20.0. The number of aromatic amines is 1. The van der Waals surface area contributed by atoms with E-state index in [1.54, 1.807) is 30.3 Å². The van der Waals surface area contributed by atoms with Crippen molar-refractivity contribution in [3.05, 3.63) is 48.2 Å². The summed E-state index contributed by atoms with van der Waals surface area (Å²) in [5, 5.41) is 19.7. The maximum absolute atomic E-state index is 14.8. The van der Waals surface area contributed by atoms with E-state index in [1.807, 2.05) is 0 Å². The molecular weight excluding hydrogens is 491 g/mol. The molecule has 1 aromatic carbocycles. The third-order valence-electron chi connectivity index (χ3n) is 7.37. The Balaban J connectivity index is 1.46. The van der Waals surface area contributed by atoms with Gasteiger partial charge in [0.1, 0.15) is 35.4 Å². The Hall–Kier alpha value is -3.67. The molecule has 2 aromatic heterocycles. The predicted molar refractivity (Wildman–Crippen MR) is 127 cm³/mol. The van der Waals surface area contributed by atoms with Gasteiger partial charge in [-0.2, -0.15) is 5.10 Å². The van der Waals surface area contributed by atoms with Crippen molar-refractivity contribution in [3.8, 4) is 5.75 Å². The Morgan fingerprint density at radius 3 is 2.51 bits per heavy atom. The lowest BCUT2D eigenvalue weighted by atomic mass is 9.67. The number of hydrogen-bond acceptors (Lipinski definition) is 6. The molecule has 2 amide bonds. The van der Waals surface area contributed by atoms with E-state index in [4.69, 9.17) is 4.74 Å². The molecule has 9 nitrogen and oxygen atoms in total. The molecule has 196 valence electrons. The highest BCUT2D eigenvalue weighted by atomic mass is 19.3. The van der Waals surface area contributed by atoms with Crippen LogP contribution in [0.1, 0.15) is 31.2 Å². The van der Waals surface area contributed by atoms with Crippen molar-refractivity contribution in [3.63, 3.8) is 0 Å². The van der Waals surface area contributed by atoms with Gasteiger partial charge in [0.25, 0.3) is 5.91 Å². The molecule has 3 N–H and O–H groups in total. The molecule has 1 saturated carbocycles. The van der Waals surface area contributed by atoms with Crippen molar-refractivity contribution >= 4 is 28.7 Å². The van der Waals surface area contributed by atoms with Crippen LogP contribution in [-0.4, -0.2) is 74.9 Å². The van der Waals surface area contributed by atoms with Gasteiger partial charge in [0, 0.05) is 12.8 Å². The summed E-state index contributed by atoms with van der Waals surface area (Å²) >= 11 is 0. The summed E-state index contributed by atoms with van der Waals surface area (Å²) in [5.41, 5.74) is 0.166. The van der Waals surface area contributed by atoms with Gasteiger partial charge < -0.3 is 20.1 Å². The monoisotopic (exact) mass is 517 g/mol. The number of nitrogens with one attached hydrogen (secondary N) is 2. The van der Waals surface area contributed by atoms with Gasteiger partial charge >= 0.3 is 0 Å². The zero-order valence-corrected chi connectivity index (χ0v) is 20.0. The summed E-state index contributed by atoms with van der Waals surface area (Å²) in [6.07, 6.45) is -3.68. The number of aromatic nitrogens is 3. The van der Waals surface area contributed by atoms with E-state index in [1.165, 1.54) is 19.4 Å². The average molecular weight is 518 g/mol. The molecule has 3 heterocycles. The number of fused-ring (bicyclic) bond motifs is 1. The number of pyridine rings is 1. The summed E-state index contributed by atoms with van der Waals surface area (Å²) in [6, 6.07) is 8.06. The minimum atomic E-state index is -2.93. The number of H-pyrrole nitrogens is 1. The van der Waals surface area contributed by atoms with Crippen LogP contribution in [0.25, 0.3) is 11.0 Å². The third-order valence-corrected chi connectivity index (χ3v) is 7.37. The van der Waals surface area contributed by atoms with Crippen LogP contribution in [0.3, 0.4) is 0 Å². The van der Waals surface area contributed by atoms with Crippen molar-refractivity contribution in [2.75, 3.05) is 19.0 Å². The second kappa shape index (κ2) is 9.33. The molecule has 3 atom stereocenters. The molecule has 1 aliphatic heterocycles. The molecule has 5 rings (SSSR count). The lowest BCUT2D eigenvalue weighted by molar-refractivity contribution is -0.147. The van der Waals surface area contributed by atoms with Crippen LogP contribution in [0.15, 0.2) is 42.6 Å². The van der Waals surface area contributed by atoms with Crippen molar-refractivity contribution < 1.29 is 32.6 Å². The molecule has 1 aliphatic carbocycles. The molecular formula is C25H26F3N5O4. The fraction of sp³-hybridized carbons (Fsp3) is 0.440. The van der Waals surface area contributed by atoms with Gasteiger partial charge in [0.2, 0.25) is 11.8 Å². The third kappa shape index (κ3) is 4.50. The summed E-state index contributed by atoms with van der Waals surface area (Å²) in [7, 11) is 1.48. The average Bonchev–Trinajstić information content (AvgIpc) is 3.47. The normalized spacial score (nSPS) is 24.7. The number of nitrogens with zero attached hydrogens (tertiary/aromatic N) is 3. The molecule has 37 heavy (non-hydrogen) atoms. The molecule has 0 bridgehead atoms. The molecule has 3 aromatic rings. The first-order valence-corrected chi connectivity index (χ1v) is 11.9. The highest BCUT2D eigenvalue weighted by Gasteiger charge is 2.55. The van der Waals surface area contributed by atoms with E-state index in [9.17, 15) is 27.9 Å². The van der Waals surface area contributed by atoms with Crippen LogP contribution < -0.4 is 10.1 Å². The first kappa shape index (κ1) is 25.0. The molecule has 1 saturated heterocycles. The second-order valence-corrected chi connectivity index (χ2v) is 9.56. The fourth-order valence-electron chi connectivity index (χ4n) is 5.25. The Morgan fingerprint density at radius 1 is 1.14 bits per heavy atom. The smallest absolute Gasteiger partial charge is 0.251 e. The van der Waals surface area contributed by atoms with Crippen molar-refractivity contribution in [1.29, 1.82) is 0 Å². The number of amides is 2. The number of anilines is 1. The van der Waals surface area contributed by atoms with Gasteiger partial charge in [-0.25, -0.2) is 18.2 Å². The number of halogens is 3. The minimum Gasteiger partial charge on any atom is -0.497 e. The van der Waals surface area contributed by atoms with Gasteiger partial charge in [-0.05, 0) is 42.7 Å². The van der Waals surface area contributed by atoms with Gasteiger partial charge in [0.15, 0.2) is 0 Å². The summed E-state index contributed by atoms with van der Waals surface area (Å²) in [6.45, 7) is -0.541. The molecule has 2 aliphatic rings. The predicted octanol–water partition coefficient (Wildman–Crippen LogP) is 2.96. The lowest BCUT2D eigenvalue weighted by Gasteiger charge is -2.42. The quantitative estimate of drug-likeness (QED) is 0.479. The van der Waals surface area contributed by atoms with E-state index in [0.717, 1.165) is 4.90 Å². The van der Waals surface area contributed by atoms with E-state index in [2.05, 4.69) is 20.5 Å². The van der Waals surface area contributed by atoms with Gasteiger partial charge in [-0.15, -0.1) is 0 Å². The highest BCUT2D eigenvalue weighted by Crippen LogP contribution is 2.47. The molecule has 0 radical (unpaired) electrons. The minimum absolute atomic E-state index is 0.128. The number of carbonyl (C=O) groups is 2. The number of benzene rings is 1. The summed E-state index contributed by atoms with van der Waals surface area (Å²) in [5.74, 6) is -3.79. The van der Waals surface area contributed by atoms with E-state index >= 15 is 0 Å². The Morgan fingerprint density at radius 2 is 1.84 bits per heavy atom. The van der Waals surface area contributed by atoms with Crippen molar-refractivity contribution in [2.24, 2.45) is 0 Å². The molecule has 0 unspecified atom stereocenters. The van der Waals surface area contributed by atoms with E-state index in [-0.39, 0.29) is 18.7 Å². The van der Waals surface area contributed by atoms with Gasteiger partial charge in [-0.1, -0.05) is 12.1 Å². The largest absolute Gasteiger partial charge is 0.497 e. The molecule has 12 heteroatoms. The number of hydrogen-bond donors (Lipinski definition) is 3. The molecule has 0 spiro atoms. The number of ether oxygens (including phenoxy) is 1. The molecule has 2 fully saturated rings. The van der Waals surface area contributed by atoms with Crippen molar-refractivity contribution in [1.82, 2.24) is 20.1 Å². The SMILES string of the molecule is COc1ccc(C2(C(=O)N3C[C@H](F)[C@@H](O)[C@@H]3C(=O)Nc3ccc4[nH]ncc4n3)CCC(F)(F)CC2)cc1. The van der Waals surface area contributed by atoms with Gasteiger partial charge in [0.05, 0.1) is 30.8 Å². The van der Waals surface area contributed by atoms with Gasteiger partial charge in [-0.3, -0.25) is 14.7 Å². The zero-order chi connectivity index (χ0) is 26.4. The van der Waals surface area contributed by atoms with Crippen LogP contribution in [0, 0.1) is 0 Å². The van der Waals surface area contributed by atoms with Crippen LogP contribution >= 0.6 is 0 Å². The summed E-state index contributed by atoms with van der Waals surface area (Å²) in [4.78, 5) is 32.5. The fourth-order valence-corrected chi connectivity index (χ4v) is 5.25. The Kier molecular flexibility index (Phi) is 6.30. The maximum Gasteiger partial charge on any atom is 0.251 e. The number of alkyl halides is 3. The number of aliphatic hydroxyl groups excluding tert-OH is 1. The number of likely N-dealkylation sites (tertiary alicyclic amines) is 1. The van der Waals surface area contributed by atoms with E-state index in [0.29, 0.717) is 22.3 Å². The number of carbonyl (C=O) groups excluding carboxylic acids is 2. The second-order valence-electron chi connectivity index (χ2n) is 9.56.